The zero-order valence-electron chi connectivity index (χ0n) is 11.0. The van der Waals surface area contributed by atoms with Crippen molar-refractivity contribution in [1.82, 2.24) is 10.2 Å². The highest BCUT2D eigenvalue weighted by Gasteiger charge is 2.09. The standard InChI is InChI=1S/C13H19FN2O2/c1-4-15-8-10-7-11(14)5-6-12(10)18-9-13(17)16(2)3/h5-7,15H,4,8-9H2,1-3H3. The van der Waals surface area contributed by atoms with Crippen LogP contribution in [0.1, 0.15) is 12.5 Å². The summed E-state index contributed by atoms with van der Waals surface area (Å²) in [6.45, 7) is 3.22. The molecule has 0 aliphatic carbocycles. The largest absolute Gasteiger partial charge is 0.483 e. The minimum atomic E-state index is -0.311. The van der Waals surface area contributed by atoms with Gasteiger partial charge in [0.25, 0.3) is 5.91 Å². The molecule has 0 saturated heterocycles. The summed E-state index contributed by atoms with van der Waals surface area (Å²) < 4.78 is 18.6. The number of benzene rings is 1. The lowest BCUT2D eigenvalue weighted by atomic mass is 10.2. The second kappa shape index (κ2) is 6.96. The van der Waals surface area contributed by atoms with Gasteiger partial charge in [-0.25, -0.2) is 4.39 Å². The number of amides is 1. The Balaban J connectivity index is 2.71. The molecule has 18 heavy (non-hydrogen) atoms. The van der Waals surface area contributed by atoms with Crippen LogP contribution in [0, 0.1) is 5.82 Å². The van der Waals surface area contributed by atoms with Crippen LogP contribution in [0.2, 0.25) is 0 Å². The van der Waals surface area contributed by atoms with E-state index < -0.39 is 0 Å². The van der Waals surface area contributed by atoms with E-state index in [1.807, 2.05) is 6.92 Å². The molecule has 0 aliphatic rings. The SMILES string of the molecule is CCNCc1cc(F)ccc1OCC(=O)N(C)C. The average molecular weight is 254 g/mol. The molecule has 0 saturated carbocycles. The van der Waals surface area contributed by atoms with Crippen LogP contribution in [0.25, 0.3) is 0 Å². The van der Waals surface area contributed by atoms with Crippen molar-refractivity contribution in [3.05, 3.63) is 29.6 Å². The van der Waals surface area contributed by atoms with Crippen LogP contribution in [-0.2, 0) is 11.3 Å². The van der Waals surface area contributed by atoms with Gasteiger partial charge in [-0.2, -0.15) is 0 Å². The summed E-state index contributed by atoms with van der Waals surface area (Å²) in [7, 11) is 3.33. The molecule has 1 rings (SSSR count). The van der Waals surface area contributed by atoms with Crippen molar-refractivity contribution in [3.63, 3.8) is 0 Å². The molecule has 0 radical (unpaired) electrons. The van der Waals surface area contributed by atoms with Crippen LogP contribution in [-0.4, -0.2) is 38.1 Å². The molecular formula is C13H19FN2O2. The fraction of sp³-hybridized carbons (Fsp3) is 0.462. The fourth-order valence-corrected chi connectivity index (χ4v) is 1.36. The Morgan fingerprint density at radius 3 is 2.78 bits per heavy atom. The van der Waals surface area contributed by atoms with E-state index in [2.05, 4.69) is 5.32 Å². The zero-order valence-corrected chi connectivity index (χ0v) is 11.0. The summed E-state index contributed by atoms with van der Waals surface area (Å²) in [6, 6.07) is 4.29. The zero-order chi connectivity index (χ0) is 13.5. The van der Waals surface area contributed by atoms with Crippen molar-refractivity contribution in [2.45, 2.75) is 13.5 Å². The number of likely N-dealkylation sites (N-methyl/N-ethyl adjacent to an activating group) is 1. The van der Waals surface area contributed by atoms with Crippen LogP contribution in [0.15, 0.2) is 18.2 Å². The molecule has 0 fully saturated rings. The van der Waals surface area contributed by atoms with Crippen LogP contribution in [0.5, 0.6) is 5.75 Å². The maximum atomic E-state index is 13.1. The van der Waals surface area contributed by atoms with Crippen molar-refractivity contribution >= 4 is 5.91 Å². The second-order valence-corrected chi connectivity index (χ2v) is 4.11. The maximum Gasteiger partial charge on any atom is 0.259 e. The molecule has 1 N–H and O–H groups in total. The molecule has 1 amide bonds. The molecule has 0 heterocycles. The number of halogens is 1. The molecule has 0 aliphatic heterocycles. The van der Waals surface area contributed by atoms with E-state index in [9.17, 15) is 9.18 Å². The molecule has 0 unspecified atom stereocenters. The molecule has 1 aromatic carbocycles. The third-order valence-electron chi connectivity index (χ3n) is 2.44. The Kier molecular flexibility index (Phi) is 5.58. The second-order valence-electron chi connectivity index (χ2n) is 4.11. The highest BCUT2D eigenvalue weighted by Crippen LogP contribution is 2.19. The number of hydrogen-bond acceptors (Lipinski definition) is 3. The van der Waals surface area contributed by atoms with E-state index in [0.717, 1.165) is 6.54 Å². The highest BCUT2D eigenvalue weighted by molar-refractivity contribution is 5.77. The molecule has 0 bridgehead atoms. The first-order valence-corrected chi connectivity index (χ1v) is 5.86. The average Bonchev–Trinajstić information content (AvgIpc) is 2.34. The monoisotopic (exact) mass is 254 g/mol. The smallest absolute Gasteiger partial charge is 0.259 e. The summed E-state index contributed by atoms with van der Waals surface area (Å²) in [5.41, 5.74) is 0.711. The normalized spacial score (nSPS) is 10.2. The Morgan fingerprint density at radius 2 is 2.17 bits per heavy atom. The van der Waals surface area contributed by atoms with E-state index in [4.69, 9.17) is 4.74 Å². The predicted molar refractivity (Wildman–Crippen MR) is 68.0 cm³/mol. The summed E-state index contributed by atoms with van der Waals surface area (Å²) in [4.78, 5) is 12.9. The van der Waals surface area contributed by atoms with Gasteiger partial charge in [0.05, 0.1) is 0 Å². The van der Waals surface area contributed by atoms with Crippen molar-refractivity contribution in [2.75, 3.05) is 27.2 Å². The number of hydrogen-bond donors (Lipinski definition) is 1. The lowest BCUT2D eigenvalue weighted by Gasteiger charge is -2.14. The van der Waals surface area contributed by atoms with E-state index in [1.165, 1.54) is 17.0 Å². The Hall–Kier alpha value is -1.62. The van der Waals surface area contributed by atoms with E-state index in [-0.39, 0.29) is 18.3 Å². The van der Waals surface area contributed by atoms with Gasteiger partial charge >= 0.3 is 0 Å². The molecule has 0 atom stereocenters. The van der Waals surface area contributed by atoms with Gasteiger partial charge in [0.2, 0.25) is 0 Å². The lowest BCUT2D eigenvalue weighted by molar-refractivity contribution is -0.130. The number of nitrogens with one attached hydrogen (secondary N) is 1. The number of carbonyl (C=O) groups excluding carboxylic acids is 1. The number of carbonyl (C=O) groups is 1. The van der Waals surface area contributed by atoms with Gasteiger partial charge < -0.3 is 15.0 Å². The van der Waals surface area contributed by atoms with Crippen LogP contribution in [0.3, 0.4) is 0 Å². The first-order valence-electron chi connectivity index (χ1n) is 5.86. The van der Waals surface area contributed by atoms with Crippen LogP contribution < -0.4 is 10.1 Å². The predicted octanol–water partition coefficient (Wildman–Crippen LogP) is 1.40. The Labute approximate surface area is 107 Å². The summed E-state index contributed by atoms with van der Waals surface area (Å²) >= 11 is 0. The number of nitrogens with zero attached hydrogens (tertiary/aromatic N) is 1. The van der Waals surface area contributed by atoms with Gasteiger partial charge in [-0.3, -0.25) is 4.79 Å². The molecule has 100 valence electrons. The number of rotatable bonds is 6. The fourth-order valence-electron chi connectivity index (χ4n) is 1.36. The molecule has 0 spiro atoms. The maximum absolute atomic E-state index is 13.1. The van der Waals surface area contributed by atoms with Crippen molar-refractivity contribution in [3.8, 4) is 5.75 Å². The molecule has 1 aromatic rings. The van der Waals surface area contributed by atoms with Crippen molar-refractivity contribution < 1.29 is 13.9 Å². The first kappa shape index (κ1) is 14.4. The third-order valence-corrected chi connectivity index (χ3v) is 2.44. The Morgan fingerprint density at radius 1 is 1.44 bits per heavy atom. The molecule has 5 heteroatoms. The van der Waals surface area contributed by atoms with Gasteiger partial charge in [-0.05, 0) is 24.7 Å². The summed E-state index contributed by atoms with van der Waals surface area (Å²) in [5.74, 6) is 0.0930. The minimum absolute atomic E-state index is 0.0439. The first-order chi connectivity index (χ1) is 8.54. The van der Waals surface area contributed by atoms with Gasteiger partial charge in [-0.1, -0.05) is 6.92 Å². The number of ether oxygens (including phenoxy) is 1. The summed E-state index contributed by atoms with van der Waals surface area (Å²) in [6.07, 6.45) is 0. The highest BCUT2D eigenvalue weighted by atomic mass is 19.1. The molecule has 4 nitrogen and oxygen atoms in total. The van der Waals surface area contributed by atoms with Crippen molar-refractivity contribution in [1.29, 1.82) is 0 Å². The molecule has 0 aromatic heterocycles. The van der Waals surface area contributed by atoms with E-state index in [0.29, 0.717) is 17.9 Å². The lowest BCUT2D eigenvalue weighted by Crippen LogP contribution is -2.27. The van der Waals surface area contributed by atoms with Crippen LogP contribution >= 0.6 is 0 Å². The van der Waals surface area contributed by atoms with Gasteiger partial charge in [-0.15, -0.1) is 0 Å². The van der Waals surface area contributed by atoms with Gasteiger partial charge in [0, 0.05) is 26.2 Å². The topological polar surface area (TPSA) is 41.6 Å². The van der Waals surface area contributed by atoms with E-state index >= 15 is 0 Å². The van der Waals surface area contributed by atoms with Crippen LogP contribution in [0.4, 0.5) is 4.39 Å². The minimum Gasteiger partial charge on any atom is -0.483 e. The quantitative estimate of drug-likeness (QED) is 0.834. The van der Waals surface area contributed by atoms with Crippen molar-refractivity contribution in [2.24, 2.45) is 0 Å². The molecular weight excluding hydrogens is 235 g/mol. The van der Waals surface area contributed by atoms with Gasteiger partial charge in [0.15, 0.2) is 6.61 Å². The van der Waals surface area contributed by atoms with Gasteiger partial charge in [0.1, 0.15) is 11.6 Å². The summed E-state index contributed by atoms with van der Waals surface area (Å²) in [5, 5.41) is 3.10. The van der Waals surface area contributed by atoms with E-state index in [1.54, 1.807) is 20.2 Å². The third kappa shape index (κ3) is 4.33. The Bertz CT molecular complexity index is 408.